The largest absolute Gasteiger partial charge is 0.418 e. The number of hydrogen-bond acceptors (Lipinski definition) is 2. The lowest BCUT2D eigenvalue weighted by molar-refractivity contribution is -0.136. The number of anilines is 3. The second-order valence-corrected chi connectivity index (χ2v) is 5.89. The van der Waals surface area contributed by atoms with E-state index in [-0.39, 0.29) is 17.5 Å². The van der Waals surface area contributed by atoms with Gasteiger partial charge in [-0.25, -0.2) is 0 Å². The average Bonchev–Trinajstić information content (AvgIpc) is 2.48. The Kier molecular flexibility index (Phi) is 5.49. The number of carbonyl (C=O) groups excluding carboxylic acids is 1. The van der Waals surface area contributed by atoms with Crippen molar-refractivity contribution in [1.29, 1.82) is 0 Å². The molecule has 2 aromatic rings. The van der Waals surface area contributed by atoms with E-state index in [1.165, 1.54) is 18.2 Å². The van der Waals surface area contributed by atoms with Crippen LogP contribution in [0.15, 0.2) is 48.5 Å². The minimum absolute atomic E-state index is 0.0124. The van der Waals surface area contributed by atoms with E-state index in [2.05, 4.69) is 10.6 Å². The van der Waals surface area contributed by atoms with Crippen LogP contribution in [0, 0.1) is 5.92 Å². The number of benzene rings is 2. The molecule has 0 saturated heterocycles. The minimum atomic E-state index is -4.42. The van der Waals surface area contributed by atoms with E-state index < -0.39 is 11.7 Å². The highest BCUT2D eigenvalue weighted by Crippen LogP contribution is 2.35. The van der Waals surface area contributed by atoms with Gasteiger partial charge in [0.1, 0.15) is 0 Å². The van der Waals surface area contributed by atoms with E-state index in [0.29, 0.717) is 17.8 Å². The topological polar surface area (TPSA) is 41.1 Å². The average molecular weight is 336 g/mol. The zero-order chi connectivity index (χ0) is 17.7. The van der Waals surface area contributed by atoms with Gasteiger partial charge in [-0.2, -0.15) is 13.2 Å². The monoisotopic (exact) mass is 336 g/mol. The van der Waals surface area contributed by atoms with Crippen molar-refractivity contribution >= 4 is 23.0 Å². The van der Waals surface area contributed by atoms with Crippen LogP contribution in [-0.4, -0.2) is 5.91 Å². The molecule has 0 fully saturated rings. The number of para-hydroxylation sites is 1. The molecular formula is C18H19F3N2O. The van der Waals surface area contributed by atoms with E-state index in [1.54, 1.807) is 24.3 Å². The normalized spacial score (nSPS) is 11.4. The molecule has 24 heavy (non-hydrogen) atoms. The zero-order valence-electron chi connectivity index (χ0n) is 13.4. The maximum Gasteiger partial charge on any atom is 0.418 e. The molecule has 1 amide bonds. The Hall–Kier alpha value is -2.50. The summed E-state index contributed by atoms with van der Waals surface area (Å²) in [6.07, 6.45) is -4.01. The molecule has 0 aliphatic carbocycles. The van der Waals surface area contributed by atoms with Crippen molar-refractivity contribution < 1.29 is 18.0 Å². The first-order valence-electron chi connectivity index (χ1n) is 7.59. The lowest BCUT2D eigenvalue weighted by Crippen LogP contribution is -2.13. The molecule has 0 aliphatic heterocycles. The molecule has 0 spiro atoms. The third kappa shape index (κ3) is 5.01. The number of carbonyl (C=O) groups is 1. The second-order valence-electron chi connectivity index (χ2n) is 5.89. The molecule has 0 heterocycles. The third-order valence-corrected chi connectivity index (χ3v) is 3.27. The molecule has 0 radical (unpaired) electrons. The van der Waals surface area contributed by atoms with Crippen molar-refractivity contribution in [3.05, 3.63) is 54.1 Å². The highest BCUT2D eigenvalue weighted by molar-refractivity contribution is 5.91. The Morgan fingerprint density at radius 3 is 2.17 bits per heavy atom. The van der Waals surface area contributed by atoms with E-state index in [0.717, 1.165) is 6.07 Å². The molecule has 2 aromatic carbocycles. The Morgan fingerprint density at radius 2 is 1.58 bits per heavy atom. The summed E-state index contributed by atoms with van der Waals surface area (Å²) >= 11 is 0. The summed E-state index contributed by atoms with van der Waals surface area (Å²) < 4.78 is 38.9. The fourth-order valence-corrected chi connectivity index (χ4v) is 2.21. The summed E-state index contributed by atoms with van der Waals surface area (Å²) in [7, 11) is 0. The van der Waals surface area contributed by atoms with Crippen molar-refractivity contribution in [3.63, 3.8) is 0 Å². The molecule has 2 N–H and O–H groups in total. The summed E-state index contributed by atoms with van der Waals surface area (Å²) in [6, 6.07) is 11.8. The van der Waals surface area contributed by atoms with Gasteiger partial charge in [-0.05, 0) is 42.3 Å². The van der Waals surface area contributed by atoms with Gasteiger partial charge in [-0.1, -0.05) is 26.0 Å². The molecule has 6 heteroatoms. The first-order valence-corrected chi connectivity index (χ1v) is 7.59. The molecule has 0 atom stereocenters. The smallest absolute Gasteiger partial charge is 0.355 e. The molecule has 0 bridgehead atoms. The number of rotatable bonds is 5. The predicted octanol–water partition coefficient (Wildman–Crippen LogP) is 5.43. The molecular weight excluding hydrogens is 317 g/mol. The molecule has 3 nitrogen and oxygen atoms in total. The van der Waals surface area contributed by atoms with E-state index in [1.807, 2.05) is 13.8 Å². The zero-order valence-corrected chi connectivity index (χ0v) is 13.4. The Labute approximate surface area is 138 Å². The molecule has 0 aliphatic rings. The lowest BCUT2D eigenvalue weighted by atomic mass is 10.1. The number of amides is 1. The van der Waals surface area contributed by atoms with Gasteiger partial charge in [0.05, 0.1) is 11.3 Å². The fourth-order valence-electron chi connectivity index (χ4n) is 2.21. The summed E-state index contributed by atoms with van der Waals surface area (Å²) in [5.74, 6) is 0.165. The quantitative estimate of drug-likeness (QED) is 0.764. The van der Waals surface area contributed by atoms with Gasteiger partial charge >= 0.3 is 6.18 Å². The van der Waals surface area contributed by atoms with Crippen molar-refractivity contribution in [2.45, 2.75) is 26.4 Å². The summed E-state index contributed by atoms with van der Waals surface area (Å²) in [4.78, 5) is 11.7. The van der Waals surface area contributed by atoms with Crippen LogP contribution >= 0.6 is 0 Å². The molecule has 2 rings (SSSR count). The number of hydrogen-bond donors (Lipinski definition) is 2. The van der Waals surface area contributed by atoms with Gasteiger partial charge in [0.15, 0.2) is 0 Å². The van der Waals surface area contributed by atoms with E-state index in [9.17, 15) is 18.0 Å². The van der Waals surface area contributed by atoms with Gasteiger partial charge in [-0.3, -0.25) is 4.79 Å². The molecule has 128 valence electrons. The van der Waals surface area contributed by atoms with Gasteiger partial charge in [0.25, 0.3) is 0 Å². The van der Waals surface area contributed by atoms with Crippen LogP contribution in [0.4, 0.5) is 30.2 Å². The van der Waals surface area contributed by atoms with Crippen LogP contribution in [0.25, 0.3) is 0 Å². The Morgan fingerprint density at radius 1 is 1.00 bits per heavy atom. The SMILES string of the molecule is CC(C)CC(=O)Nc1ccc(Nc2ccccc2C(F)(F)F)cc1. The maximum absolute atomic E-state index is 13.0. The highest BCUT2D eigenvalue weighted by Gasteiger charge is 2.33. The first-order chi connectivity index (χ1) is 11.3. The van der Waals surface area contributed by atoms with Crippen LogP contribution in [0.3, 0.4) is 0 Å². The Balaban J connectivity index is 2.09. The van der Waals surface area contributed by atoms with Crippen LogP contribution in [0.2, 0.25) is 0 Å². The Bertz CT molecular complexity index is 694. The standard InChI is InChI=1S/C18H19F3N2O/c1-12(2)11-17(24)23-14-9-7-13(8-10-14)22-16-6-4-3-5-15(16)18(19,20)21/h3-10,12,22H,11H2,1-2H3,(H,23,24). The number of halogens is 3. The van der Waals surface area contributed by atoms with Crippen molar-refractivity contribution in [2.75, 3.05) is 10.6 Å². The number of alkyl halides is 3. The van der Waals surface area contributed by atoms with Crippen LogP contribution in [0.1, 0.15) is 25.8 Å². The lowest BCUT2D eigenvalue weighted by Gasteiger charge is -2.14. The third-order valence-electron chi connectivity index (χ3n) is 3.27. The maximum atomic E-state index is 13.0. The predicted molar refractivity (Wildman–Crippen MR) is 89.3 cm³/mol. The van der Waals surface area contributed by atoms with Gasteiger partial charge in [-0.15, -0.1) is 0 Å². The molecule has 0 saturated carbocycles. The molecule has 0 aromatic heterocycles. The van der Waals surface area contributed by atoms with Crippen LogP contribution < -0.4 is 10.6 Å². The van der Waals surface area contributed by atoms with Crippen LogP contribution in [-0.2, 0) is 11.0 Å². The fraction of sp³-hybridized carbons (Fsp3) is 0.278. The summed E-state index contributed by atoms with van der Waals surface area (Å²) in [5, 5.41) is 5.51. The molecule has 0 unspecified atom stereocenters. The van der Waals surface area contributed by atoms with Gasteiger partial charge in [0, 0.05) is 17.8 Å². The highest BCUT2D eigenvalue weighted by atomic mass is 19.4. The van der Waals surface area contributed by atoms with E-state index in [4.69, 9.17) is 0 Å². The van der Waals surface area contributed by atoms with Crippen molar-refractivity contribution in [3.8, 4) is 0 Å². The second kappa shape index (κ2) is 7.38. The minimum Gasteiger partial charge on any atom is -0.355 e. The van der Waals surface area contributed by atoms with Gasteiger partial charge < -0.3 is 10.6 Å². The van der Waals surface area contributed by atoms with Crippen molar-refractivity contribution in [1.82, 2.24) is 0 Å². The van der Waals surface area contributed by atoms with Crippen molar-refractivity contribution in [2.24, 2.45) is 5.92 Å². The summed E-state index contributed by atoms with van der Waals surface area (Å²) in [5.41, 5.74) is 0.379. The van der Waals surface area contributed by atoms with E-state index >= 15 is 0 Å². The van der Waals surface area contributed by atoms with Gasteiger partial charge in [0.2, 0.25) is 5.91 Å². The summed E-state index contributed by atoms with van der Waals surface area (Å²) in [6.45, 7) is 3.90. The first kappa shape index (κ1) is 17.8. The van der Waals surface area contributed by atoms with Crippen LogP contribution in [0.5, 0.6) is 0 Å². The number of nitrogens with one attached hydrogen (secondary N) is 2.